The number of rotatable bonds is 6. The number of halogens is 1. The van der Waals surface area contributed by atoms with Gasteiger partial charge in [0.25, 0.3) is 0 Å². The molecule has 0 atom stereocenters. The zero-order valence-electron chi connectivity index (χ0n) is 10.8. The van der Waals surface area contributed by atoms with Gasteiger partial charge in [0, 0.05) is 23.9 Å². The Labute approximate surface area is 124 Å². The Morgan fingerprint density at radius 1 is 1.37 bits per heavy atom. The number of aryl methyl sites for hydroxylation is 1. The van der Waals surface area contributed by atoms with Crippen LogP contribution in [0.2, 0.25) is 0 Å². The van der Waals surface area contributed by atoms with Gasteiger partial charge in [-0.05, 0) is 31.0 Å². The summed E-state index contributed by atoms with van der Waals surface area (Å²) in [4.78, 5) is 23.7. The highest BCUT2D eigenvalue weighted by Crippen LogP contribution is 2.20. The Morgan fingerprint density at radius 3 is 2.84 bits per heavy atom. The van der Waals surface area contributed by atoms with Crippen LogP contribution in [0.1, 0.15) is 36.5 Å². The lowest BCUT2D eigenvalue weighted by atomic mass is 10.1. The van der Waals surface area contributed by atoms with Crippen molar-refractivity contribution in [2.24, 2.45) is 0 Å². The second kappa shape index (κ2) is 6.48. The lowest BCUT2D eigenvalue weighted by Gasteiger charge is -2.03. The number of fused-ring (bicyclic) bond motifs is 1. The molecule has 0 aliphatic rings. The summed E-state index contributed by atoms with van der Waals surface area (Å²) in [5.41, 5.74) is 1.64. The van der Waals surface area contributed by atoms with Gasteiger partial charge < -0.3 is 0 Å². The Balaban J connectivity index is 2.36. The molecule has 0 aliphatic heterocycles. The lowest BCUT2D eigenvalue weighted by Crippen LogP contribution is -2.12. The zero-order chi connectivity index (χ0) is 13.8. The molecule has 0 radical (unpaired) electrons. The fourth-order valence-electron chi connectivity index (χ4n) is 2.02. The van der Waals surface area contributed by atoms with E-state index in [4.69, 9.17) is 0 Å². The van der Waals surface area contributed by atoms with E-state index in [2.05, 4.69) is 15.9 Å². The number of alkyl halides is 1. The molecule has 0 saturated heterocycles. The van der Waals surface area contributed by atoms with E-state index in [1.807, 2.05) is 29.7 Å². The molecule has 1 heterocycles. The summed E-state index contributed by atoms with van der Waals surface area (Å²) in [6, 6.07) is 5.56. The number of ketones is 1. The van der Waals surface area contributed by atoms with Crippen LogP contribution >= 0.6 is 27.3 Å². The van der Waals surface area contributed by atoms with Crippen LogP contribution in [0.4, 0.5) is 0 Å². The van der Waals surface area contributed by atoms with Crippen molar-refractivity contribution in [2.45, 2.75) is 32.7 Å². The van der Waals surface area contributed by atoms with Crippen LogP contribution in [0.3, 0.4) is 0 Å². The molecule has 1 aromatic heterocycles. The van der Waals surface area contributed by atoms with Gasteiger partial charge in [0.1, 0.15) is 0 Å². The van der Waals surface area contributed by atoms with Crippen LogP contribution in [-0.4, -0.2) is 15.7 Å². The fourth-order valence-corrected chi connectivity index (χ4v) is 3.37. The molecule has 19 heavy (non-hydrogen) atoms. The number of carbonyl (C=O) groups excluding carboxylic acids is 1. The third kappa shape index (κ3) is 3.15. The van der Waals surface area contributed by atoms with Crippen molar-refractivity contribution in [1.29, 1.82) is 0 Å². The van der Waals surface area contributed by atoms with Gasteiger partial charge in [0.15, 0.2) is 5.78 Å². The summed E-state index contributed by atoms with van der Waals surface area (Å²) in [7, 11) is 0. The molecule has 0 spiro atoms. The van der Waals surface area contributed by atoms with Crippen molar-refractivity contribution < 1.29 is 4.79 Å². The molecule has 0 fully saturated rings. The van der Waals surface area contributed by atoms with Crippen LogP contribution in [0.5, 0.6) is 0 Å². The van der Waals surface area contributed by atoms with Crippen molar-refractivity contribution >= 4 is 43.3 Å². The van der Waals surface area contributed by atoms with Crippen LogP contribution in [0.15, 0.2) is 23.0 Å². The Hall–Kier alpha value is -0.940. The largest absolute Gasteiger partial charge is 0.308 e. The predicted molar refractivity (Wildman–Crippen MR) is 83.7 cm³/mol. The average Bonchev–Trinajstić information content (AvgIpc) is 2.73. The first kappa shape index (κ1) is 14.5. The van der Waals surface area contributed by atoms with E-state index in [9.17, 15) is 9.59 Å². The summed E-state index contributed by atoms with van der Waals surface area (Å²) >= 11 is 4.62. The second-order valence-corrected chi connectivity index (χ2v) is 6.16. The third-order valence-corrected chi connectivity index (χ3v) is 4.58. The molecule has 5 heteroatoms. The van der Waals surface area contributed by atoms with Crippen molar-refractivity contribution in [3.63, 3.8) is 0 Å². The number of unbranched alkanes of at least 4 members (excludes halogenated alkanes) is 1. The maximum Gasteiger partial charge on any atom is 0.308 e. The first-order chi connectivity index (χ1) is 9.17. The number of aromatic nitrogens is 1. The van der Waals surface area contributed by atoms with E-state index in [0.717, 1.165) is 34.9 Å². The number of hydrogen-bond donors (Lipinski definition) is 0. The van der Waals surface area contributed by atoms with Gasteiger partial charge in [0.05, 0.1) is 10.2 Å². The summed E-state index contributed by atoms with van der Waals surface area (Å²) in [6.07, 6.45) is 2.52. The Morgan fingerprint density at radius 2 is 2.16 bits per heavy atom. The number of hydrogen-bond acceptors (Lipinski definition) is 3. The summed E-state index contributed by atoms with van der Waals surface area (Å²) in [5, 5.41) is 0.957. The van der Waals surface area contributed by atoms with Crippen molar-refractivity contribution in [3.8, 4) is 0 Å². The van der Waals surface area contributed by atoms with Crippen LogP contribution in [0, 0.1) is 0 Å². The molecule has 0 unspecified atom stereocenters. The number of nitrogens with zero attached hydrogens (tertiary/aromatic N) is 1. The first-order valence-corrected chi connectivity index (χ1v) is 8.33. The predicted octanol–water partition coefficient (Wildman–Crippen LogP) is 3.83. The van der Waals surface area contributed by atoms with Crippen molar-refractivity contribution in [1.82, 2.24) is 4.57 Å². The van der Waals surface area contributed by atoms with Crippen LogP contribution in [0.25, 0.3) is 10.2 Å². The standard InChI is InChI=1S/C14H16BrNO2S/c1-2-12(17)10-5-6-11-13(9-10)19-14(18)16(11)8-4-3-7-15/h5-6,9H,2-4,7-8H2,1H3. The average molecular weight is 342 g/mol. The minimum absolute atomic E-state index is 0.0608. The second-order valence-electron chi connectivity index (χ2n) is 4.37. The van der Waals surface area contributed by atoms with Gasteiger partial charge in [-0.25, -0.2) is 0 Å². The van der Waals surface area contributed by atoms with E-state index < -0.39 is 0 Å². The first-order valence-electron chi connectivity index (χ1n) is 6.40. The van der Waals surface area contributed by atoms with Crippen molar-refractivity contribution in [3.05, 3.63) is 33.4 Å². The van der Waals surface area contributed by atoms with Gasteiger partial charge in [-0.3, -0.25) is 14.2 Å². The quantitative estimate of drug-likeness (QED) is 0.455. The number of carbonyl (C=O) groups is 1. The van der Waals surface area contributed by atoms with E-state index >= 15 is 0 Å². The molecule has 0 aliphatic carbocycles. The molecule has 0 saturated carbocycles. The third-order valence-electron chi connectivity index (χ3n) is 3.08. The summed E-state index contributed by atoms with van der Waals surface area (Å²) in [5.74, 6) is 0.119. The van der Waals surface area contributed by atoms with Crippen LogP contribution < -0.4 is 4.87 Å². The van der Waals surface area contributed by atoms with E-state index in [1.165, 1.54) is 11.3 Å². The monoisotopic (exact) mass is 341 g/mol. The highest BCUT2D eigenvalue weighted by Gasteiger charge is 2.10. The number of benzene rings is 1. The van der Waals surface area contributed by atoms with Gasteiger partial charge in [0.2, 0.25) is 0 Å². The topological polar surface area (TPSA) is 39.1 Å². The molecular formula is C14H16BrNO2S. The molecule has 0 N–H and O–H groups in total. The fraction of sp³-hybridized carbons (Fsp3) is 0.429. The van der Waals surface area contributed by atoms with E-state index in [1.54, 1.807) is 0 Å². The Bertz CT molecular complexity index is 644. The SMILES string of the molecule is CCC(=O)c1ccc2c(c1)sc(=O)n2CCCCBr. The minimum Gasteiger partial charge on any atom is -0.299 e. The number of Topliss-reactive ketones (excluding diaryl/α,β-unsaturated/α-hetero) is 1. The van der Waals surface area contributed by atoms with E-state index in [-0.39, 0.29) is 10.7 Å². The van der Waals surface area contributed by atoms with Gasteiger partial charge in [-0.1, -0.05) is 34.2 Å². The summed E-state index contributed by atoms with van der Waals surface area (Å²) < 4.78 is 2.71. The summed E-state index contributed by atoms with van der Waals surface area (Å²) in [6.45, 7) is 2.59. The molecule has 0 bridgehead atoms. The Kier molecular flexibility index (Phi) is 4.93. The van der Waals surface area contributed by atoms with Crippen LogP contribution in [-0.2, 0) is 6.54 Å². The van der Waals surface area contributed by atoms with Gasteiger partial charge >= 0.3 is 4.87 Å². The molecule has 3 nitrogen and oxygen atoms in total. The molecular weight excluding hydrogens is 326 g/mol. The maximum atomic E-state index is 12.0. The van der Waals surface area contributed by atoms with Gasteiger partial charge in [-0.15, -0.1) is 0 Å². The highest BCUT2D eigenvalue weighted by molar-refractivity contribution is 9.09. The molecule has 2 rings (SSSR count). The minimum atomic E-state index is 0.0608. The smallest absolute Gasteiger partial charge is 0.299 e. The maximum absolute atomic E-state index is 12.0. The van der Waals surface area contributed by atoms with Crippen molar-refractivity contribution in [2.75, 3.05) is 5.33 Å². The molecule has 0 amide bonds. The number of thiazole rings is 1. The lowest BCUT2D eigenvalue weighted by molar-refractivity contribution is 0.0988. The normalized spacial score (nSPS) is 11.1. The molecule has 1 aromatic carbocycles. The zero-order valence-corrected chi connectivity index (χ0v) is 13.2. The van der Waals surface area contributed by atoms with Gasteiger partial charge in [-0.2, -0.15) is 0 Å². The molecule has 102 valence electrons. The molecule has 2 aromatic rings. The van der Waals surface area contributed by atoms with E-state index in [0.29, 0.717) is 12.0 Å². The highest BCUT2D eigenvalue weighted by atomic mass is 79.9.